The van der Waals surface area contributed by atoms with Gasteiger partial charge in [-0.05, 0) is 20.2 Å². The fraction of sp³-hybridized carbons (Fsp3) is 0.571. The Kier molecular flexibility index (Phi) is 4.39. The minimum atomic E-state index is -0.335. The number of methoxy groups -OCH3 is 1. The van der Waals surface area contributed by atoms with Crippen LogP contribution in [0.5, 0.6) is 5.75 Å². The molecule has 2 atom stereocenters. The summed E-state index contributed by atoms with van der Waals surface area (Å²) in [5.74, 6) is 0.219. The molecule has 0 aromatic heterocycles. The molecule has 2 rings (SSSR count). The van der Waals surface area contributed by atoms with Crippen LogP contribution in [0.3, 0.4) is 0 Å². The highest BCUT2D eigenvalue weighted by atomic mass is 19.1. The second-order valence-electron chi connectivity index (χ2n) is 5.22. The second kappa shape index (κ2) is 5.86. The zero-order valence-electron chi connectivity index (χ0n) is 11.8. The second-order valence-corrected chi connectivity index (χ2v) is 5.22. The van der Waals surface area contributed by atoms with E-state index in [1.54, 1.807) is 12.1 Å². The fourth-order valence-electron chi connectivity index (χ4n) is 2.54. The first kappa shape index (κ1) is 14.2. The normalized spacial score (nSPS) is 23.3. The smallest absolute Gasteiger partial charge is 0.131 e. The summed E-state index contributed by atoms with van der Waals surface area (Å²) in [5, 5.41) is 0. The predicted molar refractivity (Wildman–Crippen MR) is 73.8 cm³/mol. The molecule has 4 nitrogen and oxygen atoms in total. The van der Waals surface area contributed by atoms with E-state index in [1.165, 1.54) is 13.2 Å². The molecule has 19 heavy (non-hydrogen) atoms. The van der Waals surface area contributed by atoms with Crippen molar-refractivity contribution in [2.75, 3.05) is 40.8 Å². The van der Waals surface area contributed by atoms with E-state index in [-0.39, 0.29) is 17.9 Å². The molecule has 1 aromatic rings. The number of nitrogens with zero attached hydrogens (tertiary/aromatic N) is 2. The van der Waals surface area contributed by atoms with Crippen molar-refractivity contribution in [2.45, 2.75) is 12.1 Å². The minimum absolute atomic E-state index is 0.127. The molecule has 0 amide bonds. The third-order valence-electron chi connectivity index (χ3n) is 3.88. The SMILES string of the molecule is COc1ccc(C(N)C2CN(C)CCN2C)c(F)c1. The molecule has 1 aromatic carbocycles. The largest absolute Gasteiger partial charge is 0.497 e. The quantitative estimate of drug-likeness (QED) is 0.890. The monoisotopic (exact) mass is 267 g/mol. The third-order valence-corrected chi connectivity index (χ3v) is 3.88. The number of hydrogen-bond donors (Lipinski definition) is 1. The molecule has 0 spiro atoms. The molecular formula is C14H22FN3O. The van der Waals surface area contributed by atoms with Gasteiger partial charge in [0, 0.05) is 43.3 Å². The predicted octanol–water partition coefficient (Wildman–Crippen LogP) is 1.08. The summed E-state index contributed by atoms with van der Waals surface area (Å²) >= 11 is 0. The molecule has 5 heteroatoms. The lowest BCUT2D eigenvalue weighted by atomic mass is 9.96. The van der Waals surface area contributed by atoms with Gasteiger partial charge >= 0.3 is 0 Å². The maximum atomic E-state index is 14.1. The van der Waals surface area contributed by atoms with Gasteiger partial charge in [-0.15, -0.1) is 0 Å². The van der Waals surface area contributed by atoms with Crippen molar-refractivity contribution in [1.82, 2.24) is 9.80 Å². The molecule has 0 radical (unpaired) electrons. The van der Waals surface area contributed by atoms with E-state index >= 15 is 0 Å². The maximum absolute atomic E-state index is 14.1. The Morgan fingerprint density at radius 2 is 2.11 bits per heavy atom. The summed E-state index contributed by atoms with van der Waals surface area (Å²) in [6.45, 7) is 2.82. The molecule has 0 saturated carbocycles. The van der Waals surface area contributed by atoms with Gasteiger partial charge in [-0.25, -0.2) is 4.39 Å². The van der Waals surface area contributed by atoms with Gasteiger partial charge < -0.3 is 15.4 Å². The highest BCUT2D eigenvalue weighted by Gasteiger charge is 2.29. The average molecular weight is 267 g/mol. The van der Waals surface area contributed by atoms with E-state index in [0.717, 1.165) is 19.6 Å². The highest BCUT2D eigenvalue weighted by molar-refractivity contribution is 5.31. The molecule has 0 bridgehead atoms. The Bertz CT molecular complexity index is 441. The van der Waals surface area contributed by atoms with E-state index in [1.807, 2.05) is 7.05 Å². The number of rotatable bonds is 3. The Balaban J connectivity index is 2.20. The molecular weight excluding hydrogens is 245 g/mol. The Morgan fingerprint density at radius 1 is 1.37 bits per heavy atom. The van der Waals surface area contributed by atoms with Crippen molar-refractivity contribution in [3.63, 3.8) is 0 Å². The molecule has 1 aliphatic heterocycles. The molecule has 2 N–H and O–H groups in total. The van der Waals surface area contributed by atoms with Gasteiger partial charge in [0.15, 0.2) is 0 Å². The molecule has 0 aliphatic carbocycles. The lowest BCUT2D eigenvalue weighted by Crippen LogP contribution is -2.54. The van der Waals surface area contributed by atoms with Crippen LogP contribution in [0.4, 0.5) is 4.39 Å². The summed E-state index contributed by atoms with van der Waals surface area (Å²) in [5.41, 5.74) is 6.81. The van der Waals surface area contributed by atoms with Crippen molar-refractivity contribution >= 4 is 0 Å². The fourth-order valence-corrected chi connectivity index (χ4v) is 2.54. The van der Waals surface area contributed by atoms with Gasteiger partial charge in [0.05, 0.1) is 7.11 Å². The number of likely N-dealkylation sites (N-methyl/N-ethyl adjacent to an activating group) is 2. The van der Waals surface area contributed by atoms with Crippen LogP contribution in [0.2, 0.25) is 0 Å². The summed E-state index contributed by atoms with van der Waals surface area (Å²) in [7, 11) is 5.63. The summed E-state index contributed by atoms with van der Waals surface area (Å²) in [6.07, 6.45) is 0. The maximum Gasteiger partial charge on any atom is 0.131 e. The highest BCUT2D eigenvalue weighted by Crippen LogP contribution is 2.25. The Hall–Kier alpha value is -1.17. The van der Waals surface area contributed by atoms with Crippen molar-refractivity contribution in [3.05, 3.63) is 29.6 Å². The number of benzene rings is 1. The van der Waals surface area contributed by atoms with Crippen LogP contribution in [0.1, 0.15) is 11.6 Å². The van der Waals surface area contributed by atoms with Gasteiger partial charge in [0.2, 0.25) is 0 Å². The summed E-state index contributed by atoms with van der Waals surface area (Å²) in [4.78, 5) is 4.43. The van der Waals surface area contributed by atoms with E-state index in [2.05, 4.69) is 16.8 Å². The topological polar surface area (TPSA) is 41.7 Å². The van der Waals surface area contributed by atoms with Gasteiger partial charge in [-0.1, -0.05) is 6.07 Å². The van der Waals surface area contributed by atoms with Gasteiger partial charge in [-0.2, -0.15) is 0 Å². The number of piperazine rings is 1. The zero-order chi connectivity index (χ0) is 14.0. The lowest BCUT2D eigenvalue weighted by molar-refractivity contribution is 0.0965. The van der Waals surface area contributed by atoms with Crippen LogP contribution >= 0.6 is 0 Å². The minimum Gasteiger partial charge on any atom is -0.497 e. The first-order chi connectivity index (χ1) is 9.02. The standard InChI is InChI=1S/C14H22FN3O/c1-17-6-7-18(2)13(9-17)14(16)11-5-4-10(19-3)8-12(11)15/h4-5,8,13-14H,6-7,9,16H2,1-3H3. The van der Waals surface area contributed by atoms with Crippen molar-refractivity contribution < 1.29 is 9.13 Å². The third kappa shape index (κ3) is 3.05. The van der Waals surface area contributed by atoms with Crippen LogP contribution < -0.4 is 10.5 Å². The van der Waals surface area contributed by atoms with E-state index in [9.17, 15) is 4.39 Å². The molecule has 2 unspecified atom stereocenters. The lowest BCUT2D eigenvalue weighted by Gasteiger charge is -2.40. The van der Waals surface area contributed by atoms with Crippen molar-refractivity contribution in [3.8, 4) is 5.75 Å². The first-order valence-electron chi connectivity index (χ1n) is 6.50. The van der Waals surface area contributed by atoms with Crippen LogP contribution in [0.25, 0.3) is 0 Å². The number of nitrogens with two attached hydrogens (primary N) is 1. The summed E-state index contributed by atoms with van der Waals surface area (Å²) < 4.78 is 19.1. The Labute approximate surface area is 113 Å². The van der Waals surface area contributed by atoms with Crippen molar-refractivity contribution in [2.24, 2.45) is 5.73 Å². The van der Waals surface area contributed by atoms with Crippen LogP contribution in [-0.4, -0.2) is 56.7 Å². The van der Waals surface area contributed by atoms with Crippen LogP contribution in [-0.2, 0) is 0 Å². The summed E-state index contributed by atoms with van der Waals surface area (Å²) in [6, 6.07) is 4.66. The number of ether oxygens (including phenoxy) is 1. The first-order valence-corrected chi connectivity index (χ1v) is 6.50. The number of hydrogen-bond acceptors (Lipinski definition) is 4. The molecule has 1 saturated heterocycles. The van der Waals surface area contributed by atoms with Crippen LogP contribution in [0, 0.1) is 5.82 Å². The molecule has 1 aliphatic rings. The molecule has 106 valence electrons. The van der Waals surface area contributed by atoms with Gasteiger partial charge in [-0.3, -0.25) is 4.90 Å². The van der Waals surface area contributed by atoms with Crippen LogP contribution in [0.15, 0.2) is 18.2 Å². The van der Waals surface area contributed by atoms with E-state index in [0.29, 0.717) is 11.3 Å². The average Bonchev–Trinajstić information content (AvgIpc) is 2.40. The van der Waals surface area contributed by atoms with Gasteiger partial charge in [0.1, 0.15) is 11.6 Å². The van der Waals surface area contributed by atoms with Gasteiger partial charge in [0.25, 0.3) is 0 Å². The van der Waals surface area contributed by atoms with E-state index in [4.69, 9.17) is 10.5 Å². The molecule has 1 heterocycles. The zero-order valence-corrected chi connectivity index (χ0v) is 11.8. The Morgan fingerprint density at radius 3 is 2.74 bits per heavy atom. The van der Waals surface area contributed by atoms with E-state index < -0.39 is 0 Å². The number of halogens is 1. The molecule has 1 fully saturated rings. The van der Waals surface area contributed by atoms with Crippen molar-refractivity contribution in [1.29, 1.82) is 0 Å².